The number of rotatable bonds is 7. The first-order chi connectivity index (χ1) is 11.0. The summed E-state index contributed by atoms with van der Waals surface area (Å²) >= 11 is 0. The van der Waals surface area contributed by atoms with Gasteiger partial charge in [-0.2, -0.15) is 4.31 Å². The summed E-state index contributed by atoms with van der Waals surface area (Å²) in [6, 6.07) is 8.04. The molecule has 0 aliphatic carbocycles. The second kappa shape index (κ2) is 8.42. The molecule has 0 saturated carbocycles. The molecule has 1 fully saturated rings. The van der Waals surface area contributed by atoms with Crippen LogP contribution in [0, 0.1) is 6.92 Å². The van der Waals surface area contributed by atoms with Crippen LogP contribution in [-0.2, 0) is 26.0 Å². The minimum atomic E-state index is -3.31. The van der Waals surface area contributed by atoms with Crippen molar-refractivity contribution in [2.24, 2.45) is 0 Å². The predicted octanol–water partition coefficient (Wildman–Crippen LogP) is 0.706. The van der Waals surface area contributed by atoms with Gasteiger partial charge in [0.25, 0.3) is 0 Å². The van der Waals surface area contributed by atoms with E-state index in [-0.39, 0.29) is 18.2 Å². The number of aryl methyl sites for hydroxylation is 2. The molecule has 1 aliphatic rings. The molecule has 0 aromatic heterocycles. The molecule has 2 rings (SSSR count). The van der Waals surface area contributed by atoms with Gasteiger partial charge in [0.1, 0.15) is 0 Å². The van der Waals surface area contributed by atoms with E-state index in [2.05, 4.69) is 5.32 Å². The smallest absolute Gasteiger partial charge is 0.220 e. The van der Waals surface area contributed by atoms with Gasteiger partial charge in [-0.3, -0.25) is 4.79 Å². The number of hydrogen-bond donors (Lipinski definition) is 1. The summed E-state index contributed by atoms with van der Waals surface area (Å²) in [4.78, 5) is 11.8. The standard InChI is InChI=1S/C16H24N2O4S/c1-14-2-4-15(5-3-14)6-7-16(19)17-8-13-23(20,21)18-9-11-22-12-10-18/h2-5H,6-13H2,1H3,(H,17,19). The molecule has 1 heterocycles. The van der Waals surface area contributed by atoms with Crippen LogP contribution in [0.2, 0.25) is 0 Å². The van der Waals surface area contributed by atoms with Crippen molar-refractivity contribution in [3.05, 3.63) is 35.4 Å². The van der Waals surface area contributed by atoms with E-state index in [1.807, 2.05) is 31.2 Å². The van der Waals surface area contributed by atoms with Crippen molar-refractivity contribution in [1.82, 2.24) is 9.62 Å². The van der Waals surface area contributed by atoms with E-state index in [0.717, 1.165) is 5.56 Å². The van der Waals surface area contributed by atoms with E-state index >= 15 is 0 Å². The van der Waals surface area contributed by atoms with Crippen LogP contribution in [0.3, 0.4) is 0 Å². The van der Waals surface area contributed by atoms with Gasteiger partial charge in [-0.05, 0) is 18.9 Å². The first-order valence-electron chi connectivity index (χ1n) is 7.85. The molecule has 23 heavy (non-hydrogen) atoms. The van der Waals surface area contributed by atoms with Crippen LogP contribution in [0.1, 0.15) is 17.5 Å². The molecule has 1 aromatic carbocycles. The van der Waals surface area contributed by atoms with Gasteiger partial charge in [0.05, 0.1) is 19.0 Å². The fourth-order valence-electron chi connectivity index (χ4n) is 2.37. The third-order valence-corrected chi connectivity index (χ3v) is 5.68. The highest BCUT2D eigenvalue weighted by molar-refractivity contribution is 7.89. The minimum absolute atomic E-state index is 0.0662. The Labute approximate surface area is 137 Å². The number of carbonyl (C=O) groups is 1. The maximum absolute atomic E-state index is 12.1. The summed E-state index contributed by atoms with van der Waals surface area (Å²) in [6.07, 6.45) is 1.02. The fourth-order valence-corrected chi connectivity index (χ4v) is 3.70. The van der Waals surface area contributed by atoms with Crippen molar-refractivity contribution in [1.29, 1.82) is 0 Å². The topological polar surface area (TPSA) is 75.7 Å². The van der Waals surface area contributed by atoms with E-state index in [1.54, 1.807) is 0 Å². The molecule has 0 bridgehead atoms. The van der Waals surface area contributed by atoms with Crippen molar-refractivity contribution < 1.29 is 17.9 Å². The Hall–Kier alpha value is -1.44. The minimum Gasteiger partial charge on any atom is -0.379 e. The Morgan fingerprint density at radius 3 is 2.52 bits per heavy atom. The monoisotopic (exact) mass is 340 g/mol. The van der Waals surface area contributed by atoms with Crippen LogP contribution in [0.4, 0.5) is 0 Å². The van der Waals surface area contributed by atoms with Gasteiger partial charge in [0, 0.05) is 26.1 Å². The third-order valence-electron chi connectivity index (χ3n) is 3.81. The van der Waals surface area contributed by atoms with Crippen molar-refractivity contribution in [3.8, 4) is 0 Å². The maximum Gasteiger partial charge on any atom is 0.220 e. The van der Waals surface area contributed by atoms with Crippen LogP contribution >= 0.6 is 0 Å². The number of benzene rings is 1. The van der Waals surface area contributed by atoms with E-state index in [4.69, 9.17) is 4.74 Å². The van der Waals surface area contributed by atoms with Gasteiger partial charge >= 0.3 is 0 Å². The summed E-state index contributed by atoms with van der Waals surface area (Å²) in [5, 5.41) is 2.68. The number of ether oxygens (including phenoxy) is 1. The number of amides is 1. The zero-order chi connectivity index (χ0) is 16.7. The molecular formula is C16H24N2O4S. The van der Waals surface area contributed by atoms with Gasteiger partial charge < -0.3 is 10.1 Å². The quantitative estimate of drug-likeness (QED) is 0.793. The largest absolute Gasteiger partial charge is 0.379 e. The van der Waals surface area contributed by atoms with Gasteiger partial charge in [-0.25, -0.2) is 8.42 Å². The Bertz CT molecular complexity index is 607. The Morgan fingerprint density at radius 2 is 1.87 bits per heavy atom. The zero-order valence-electron chi connectivity index (χ0n) is 13.5. The Kier molecular flexibility index (Phi) is 6.56. The van der Waals surface area contributed by atoms with Crippen LogP contribution in [-0.4, -0.2) is 57.2 Å². The van der Waals surface area contributed by atoms with Crippen LogP contribution < -0.4 is 5.32 Å². The zero-order valence-corrected chi connectivity index (χ0v) is 14.3. The average Bonchev–Trinajstić information content (AvgIpc) is 2.55. The number of morpholine rings is 1. The number of nitrogens with one attached hydrogen (secondary N) is 1. The molecule has 0 unspecified atom stereocenters. The summed E-state index contributed by atoms with van der Waals surface area (Å²) in [7, 11) is -3.31. The van der Waals surface area contributed by atoms with Crippen LogP contribution in [0.5, 0.6) is 0 Å². The lowest BCUT2D eigenvalue weighted by atomic mass is 10.1. The third kappa shape index (κ3) is 5.93. The lowest BCUT2D eigenvalue weighted by Crippen LogP contribution is -2.43. The molecular weight excluding hydrogens is 316 g/mol. The van der Waals surface area contributed by atoms with Crippen molar-refractivity contribution >= 4 is 15.9 Å². The summed E-state index contributed by atoms with van der Waals surface area (Å²) in [5.41, 5.74) is 2.29. The molecule has 7 heteroatoms. The van der Waals surface area contributed by atoms with E-state index < -0.39 is 10.0 Å². The average molecular weight is 340 g/mol. The lowest BCUT2D eigenvalue weighted by Gasteiger charge is -2.26. The summed E-state index contributed by atoms with van der Waals surface area (Å²) in [6.45, 7) is 3.81. The van der Waals surface area contributed by atoms with E-state index in [1.165, 1.54) is 9.87 Å². The van der Waals surface area contributed by atoms with E-state index in [9.17, 15) is 13.2 Å². The SMILES string of the molecule is Cc1ccc(CCC(=O)NCCS(=O)(=O)N2CCOCC2)cc1. The van der Waals surface area contributed by atoms with Crippen LogP contribution in [0.25, 0.3) is 0 Å². The lowest BCUT2D eigenvalue weighted by molar-refractivity contribution is -0.120. The second-order valence-corrected chi connectivity index (χ2v) is 7.75. The number of carbonyl (C=O) groups excluding carboxylic acids is 1. The molecule has 0 radical (unpaired) electrons. The van der Waals surface area contributed by atoms with Gasteiger partial charge in [0.15, 0.2) is 0 Å². The molecule has 1 amide bonds. The van der Waals surface area contributed by atoms with Gasteiger partial charge in [-0.1, -0.05) is 29.8 Å². The Balaban J connectivity index is 1.68. The summed E-state index contributed by atoms with van der Waals surface area (Å²) in [5.74, 6) is -0.189. The molecule has 1 aromatic rings. The summed E-state index contributed by atoms with van der Waals surface area (Å²) < 4.78 is 30.8. The highest BCUT2D eigenvalue weighted by Crippen LogP contribution is 2.06. The van der Waals surface area contributed by atoms with E-state index in [0.29, 0.717) is 39.1 Å². The molecule has 0 spiro atoms. The molecule has 1 saturated heterocycles. The fraction of sp³-hybridized carbons (Fsp3) is 0.562. The highest BCUT2D eigenvalue weighted by atomic mass is 32.2. The van der Waals surface area contributed by atoms with Crippen molar-refractivity contribution in [2.75, 3.05) is 38.6 Å². The number of sulfonamides is 1. The highest BCUT2D eigenvalue weighted by Gasteiger charge is 2.23. The maximum atomic E-state index is 12.1. The first kappa shape index (κ1) is 17.9. The molecule has 6 nitrogen and oxygen atoms in total. The predicted molar refractivity (Wildman–Crippen MR) is 88.7 cm³/mol. The molecule has 0 atom stereocenters. The van der Waals surface area contributed by atoms with Gasteiger partial charge in [0.2, 0.25) is 15.9 Å². The van der Waals surface area contributed by atoms with Crippen molar-refractivity contribution in [2.45, 2.75) is 19.8 Å². The van der Waals surface area contributed by atoms with Gasteiger partial charge in [-0.15, -0.1) is 0 Å². The second-order valence-electron chi connectivity index (χ2n) is 5.66. The number of nitrogens with zero attached hydrogens (tertiary/aromatic N) is 1. The normalized spacial score (nSPS) is 16.2. The first-order valence-corrected chi connectivity index (χ1v) is 9.46. The molecule has 1 aliphatic heterocycles. The Morgan fingerprint density at radius 1 is 1.22 bits per heavy atom. The molecule has 1 N–H and O–H groups in total. The van der Waals surface area contributed by atoms with Crippen LogP contribution in [0.15, 0.2) is 24.3 Å². The number of hydrogen-bond acceptors (Lipinski definition) is 4. The molecule has 128 valence electrons. The van der Waals surface area contributed by atoms with Crippen molar-refractivity contribution in [3.63, 3.8) is 0 Å².